The lowest BCUT2D eigenvalue weighted by atomic mass is 9.87. The fourth-order valence-corrected chi connectivity index (χ4v) is 5.31. The Kier molecular flexibility index (Phi) is 4.20. The van der Waals surface area contributed by atoms with Gasteiger partial charge in [-0.2, -0.15) is 4.31 Å². The van der Waals surface area contributed by atoms with Gasteiger partial charge in [0.1, 0.15) is 0 Å². The predicted molar refractivity (Wildman–Crippen MR) is 85.8 cm³/mol. The summed E-state index contributed by atoms with van der Waals surface area (Å²) in [5.41, 5.74) is 0.970. The van der Waals surface area contributed by atoms with Crippen LogP contribution in [0.15, 0.2) is 23.1 Å². The minimum atomic E-state index is -3.60. The molecule has 0 radical (unpaired) electrons. The van der Waals surface area contributed by atoms with Gasteiger partial charge in [0.25, 0.3) is 0 Å². The molecule has 1 N–H and O–H groups in total. The lowest BCUT2D eigenvalue weighted by Gasteiger charge is -2.23. The maximum absolute atomic E-state index is 13.0. The number of benzene rings is 1. The Hall–Kier alpha value is -1.44. The topological polar surface area (TPSA) is 75.7 Å². The molecule has 2 saturated heterocycles. The molecule has 0 amide bonds. The molecule has 23 heavy (non-hydrogen) atoms. The Bertz CT molecular complexity index is 724. The van der Waals surface area contributed by atoms with Gasteiger partial charge in [-0.1, -0.05) is 6.07 Å². The number of methoxy groups -OCH3 is 1. The highest BCUT2D eigenvalue weighted by Gasteiger charge is 2.44. The van der Waals surface area contributed by atoms with E-state index in [1.165, 1.54) is 13.2 Å². The summed E-state index contributed by atoms with van der Waals surface area (Å²) in [6, 6.07) is 4.67. The second-order valence-corrected chi connectivity index (χ2v) is 8.39. The second-order valence-electron chi connectivity index (χ2n) is 6.49. The molecule has 0 aromatic heterocycles. The highest BCUT2D eigenvalue weighted by atomic mass is 32.2. The van der Waals surface area contributed by atoms with Crippen LogP contribution < -0.4 is 5.32 Å². The van der Waals surface area contributed by atoms with Crippen molar-refractivity contribution >= 4 is 16.0 Å². The number of hydrogen-bond donors (Lipinski definition) is 1. The van der Waals surface area contributed by atoms with Gasteiger partial charge in [0, 0.05) is 19.6 Å². The molecule has 0 saturated carbocycles. The molecule has 1 atom stereocenters. The molecule has 126 valence electrons. The smallest absolute Gasteiger partial charge is 0.337 e. The van der Waals surface area contributed by atoms with Crippen molar-refractivity contribution in [1.82, 2.24) is 9.62 Å². The van der Waals surface area contributed by atoms with Crippen LogP contribution in [0, 0.1) is 12.3 Å². The largest absolute Gasteiger partial charge is 0.465 e. The van der Waals surface area contributed by atoms with Crippen LogP contribution in [0.2, 0.25) is 0 Å². The molecule has 1 aromatic rings. The van der Waals surface area contributed by atoms with Crippen LogP contribution in [-0.4, -0.2) is 52.0 Å². The molecule has 1 aromatic carbocycles. The van der Waals surface area contributed by atoms with Gasteiger partial charge < -0.3 is 10.1 Å². The monoisotopic (exact) mass is 338 g/mol. The number of nitrogens with zero attached hydrogens (tertiary/aromatic N) is 1. The van der Waals surface area contributed by atoms with Crippen molar-refractivity contribution in [1.29, 1.82) is 0 Å². The quantitative estimate of drug-likeness (QED) is 0.837. The molecule has 2 aliphatic heterocycles. The van der Waals surface area contributed by atoms with Crippen molar-refractivity contribution in [2.45, 2.75) is 24.7 Å². The van der Waals surface area contributed by atoms with Crippen LogP contribution in [0.5, 0.6) is 0 Å². The van der Waals surface area contributed by atoms with E-state index in [4.69, 9.17) is 0 Å². The third-order valence-corrected chi connectivity index (χ3v) is 6.95. The van der Waals surface area contributed by atoms with E-state index in [-0.39, 0.29) is 15.9 Å². The highest BCUT2D eigenvalue weighted by Crippen LogP contribution is 2.38. The lowest BCUT2D eigenvalue weighted by Crippen LogP contribution is -2.33. The number of hydrogen-bond acceptors (Lipinski definition) is 5. The molecule has 0 bridgehead atoms. The second kappa shape index (κ2) is 5.89. The fraction of sp³-hybridized carbons (Fsp3) is 0.562. The number of nitrogens with one attached hydrogen (secondary N) is 1. The van der Waals surface area contributed by atoms with Gasteiger partial charge in [-0.3, -0.25) is 0 Å². The number of ether oxygens (including phenoxy) is 1. The van der Waals surface area contributed by atoms with Crippen LogP contribution in [0.25, 0.3) is 0 Å². The Morgan fingerprint density at radius 1 is 1.35 bits per heavy atom. The first-order valence-electron chi connectivity index (χ1n) is 7.78. The summed E-state index contributed by atoms with van der Waals surface area (Å²) in [7, 11) is -2.31. The fourth-order valence-electron chi connectivity index (χ4n) is 3.50. The average Bonchev–Trinajstić information content (AvgIpc) is 3.17. The van der Waals surface area contributed by atoms with Crippen molar-refractivity contribution < 1.29 is 17.9 Å². The van der Waals surface area contributed by atoms with Crippen molar-refractivity contribution in [3.8, 4) is 0 Å². The van der Waals surface area contributed by atoms with Crippen LogP contribution in [-0.2, 0) is 14.8 Å². The zero-order valence-corrected chi connectivity index (χ0v) is 14.3. The third-order valence-electron chi connectivity index (χ3n) is 4.96. The van der Waals surface area contributed by atoms with E-state index < -0.39 is 16.0 Å². The average molecular weight is 338 g/mol. The zero-order chi connectivity index (χ0) is 16.7. The summed E-state index contributed by atoms with van der Waals surface area (Å²) >= 11 is 0. The van der Waals surface area contributed by atoms with Crippen LogP contribution in [0.3, 0.4) is 0 Å². The first-order valence-corrected chi connectivity index (χ1v) is 9.22. The predicted octanol–water partition coefficient (Wildman–Crippen LogP) is 1.16. The minimum Gasteiger partial charge on any atom is -0.465 e. The Labute approximate surface area is 136 Å². The van der Waals surface area contributed by atoms with E-state index in [9.17, 15) is 13.2 Å². The summed E-state index contributed by atoms with van der Waals surface area (Å²) in [5, 5.41) is 3.33. The number of rotatable bonds is 3. The van der Waals surface area contributed by atoms with Gasteiger partial charge in [-0.15, -0.1) is 0 Å². The molecule has 2 heterocycles. The lowest BCUT2D eigenvalue weighted by molar-refractivity contribution is 0.0600. The van der Waals surface area contributed by atoms with Crippen molar-refractivity contribution in [2.75, 3.05) is 33.3 Å². The minimum absolute atomic E-state index is 0.0704. The molecule has 3 rings (SSSR count). The molecule has 2 aliphatic rings. The number of sulfonamides is 1. The van der Waals surface area contributed by atoms with Crippen LogP contribution in [0.1, 0.15) is 28.8 Å². The first kappa shape index (κ1) is 16.4. The number of aryl methyl sites for hydroxylation is 1. The van der Waals surface area contributed by atoms with Crippen LogP contribution in [0.4, 0.5) is 0 Å². The third kappa shape index (κ3) is 2.88. The molecule has 0 aliphatic carbocycles. The van der Waals surface area contributed by atoms with Gasteiger partial charge in [0.2, 0.25) is 10.0 Å². The molecule has 1 unspecified atom stereocenters. The zero-order valence-electron chi connectivity index (χ0n) is 13.5. The molecule has 6 nitrogen and oxygen atoms in total. The van der Waals surface area contributed by atoms with E-state index in [1.54, 1.807) is 23.4 Å². The Morgan fingerprint density at radius 2 is 2.13 bits per heavy atom. The van der Waals surface area contributed by atoms with Gasteiger partial charge in [0.05, 0.1) is 17.6 Å². The number of carbonyl (C=O) groups excluding carboxylic acids is 1. The van der Waals surface area contributed by atoms with Gasteiger partial charge in [-0.25, -0.2) is 13.2 Å². The number of carbonyl (C=O) groups is 1. The van der Waals surface area contributed by atoms with E-state index in [2.05, 4.69) is 10.1 Å². The summed E-state index contributed by atoms with van der Waals surface area (Å²) in [4.78, 5) is 11.9. The van der Waals surface area contributed by atoms with Crippen molar-refractivity contribution in [3.63, 3.8) is 0 Å². The van der Waals surface area contributed by atoms with Gasteiger partial charge in [0.15, 0.2) is 0 Å². The van der Waals surface area contributed by atoms with Crippen molar-refractivity contribution in [3.05, 3.63) is 29.3 Å². The van der Waals surface area contributed by atoms with E-state index in [0.717, 1.165) is 25.9 Å². The molecular formula is C16H22N2O4S. The van der Waals surface area contributed by atoms with E-state index in [0.29, 0.717) is 18.7 Å². The summed E-state index contributed by atoms with van der Waals surface area (Å²) in [5.74, 6) is -0.528. The molecule has 1 spiro atoms. The summed E-state index contributed by atoms with van der Waals surface area (Å²) in [6.07, 6.45) is 1.90. The first-order chi connectivity index (χ1) is 10.9. The van der Waals surface area contributed by atoms with Crippen molar-refractivity contribution in [2.24, 2.45) is 5.41 Å². The summed E-state index contributed by atoms with van der Waals surface area (Å²) in [6.45, 7) is 4.65. The van der Waals surface area contributed by atoms with Crippen LogP contribution >= 0.6 is 0 Å². The standard InChI is InChI=1S/C16H22N2O4S/c1-12-3-4-13(15(19)22-2)9-14(12)23(20,21)18-8-6-16(11-18)5-7-17-10-16/h3-4,9,17H,5-8,10-11H2,1-2H3. The Balaban J connectivity index is 1.92. The highest BCUT2D eigenvalue weighted by molar-refractivity contribution is 7.89. The molecular weight excluding hydrogens is 316 g/mol. The maximum atomic E-state index is 13.0. The molecule has 2 fully saturated rings. The van der Waals surface area contributed by atoms with E-state index in [1.807, 2.05) is 0 Å². The van der Waals surface area contributed by atoms with E-state index >= 15 is 0 Å². The number of esters is 1. The van der Waals surface area contributed by atoms with Gasteiger partial charge >= 0.3 is 5.97 Å². The van der Waals surface area contributed by atoms with Gasteiger partial charge in [-0.05, 0) is 49.4 Å². The molecule has 7 heteroatoms. The maximum Gasteiger partial charge on any atom is 0.337 e. The Morgan fingerprint density at radius 3 is 2.78 bits per heavy atom. The normalized spacial score (nSPS) is 25.1. The summed E-state index contributed by atoms with van der Waals surface area (Å²) < 4.78 is 32.3. The SMILES string of the molecule is COC(=O)c1ccc(C)c(S(=O)(=O)N2CCC3(CCNC3)C2)c1.